The summed E-state index contributed by atoms with van der Waals surface area (Å²) >= 11 is 0. The second-order valence-electron chi connectivity index (χ2n) is 8.99. The number of benzene rings is 3. The average molecular weight is 439 g/mol. The minimum atomic E-state index is -0.215. The molecule has 3 aromatic rings. The Morgan fingerprint density at radius 3 is 2.61 bits per heavy atom. The van der Waals surface area contributed by atoms with Crippen LogP contribution in [0, 0.1) is 11.3 Å². The lowest BCUT2D eigenvalue weighted by Gasteiger charge is -2.31. The lowest BCUT2D eigenvalue weighted by Crippen LogP contribution is -2.36. The van der Waals surface area contributed by atoms with Gasteiger partial charge in [0, 0.05) is 5.69 Å². The van der Waals surface area contributed by atoms with Crippen molar-refractivity contribution in [3.63, 3.8) is 0 Å². The molecule has 4 rings (SSSR count). The van der Waals surface area contributed by atoms with Gasteiger partial charge in [0.2, 0.25) is 5.91 Å². The number of carbonyl (C=O) groups excluding carboxylic acids is 1. The van der Waals surface area contributed by atoms with Gasteiger partial charge in [0.05, 0.1) is 31.2 Å². The Morgan fingerprint density at radius 2 is 1.91 bits per heavy atom. The maximum absolute atomic E-state index is 14.1. The summed E-state index contributed by atoms with van der Waals surface area (Å²) in [6, 6.07) is 24.1. The molecule has 168 valence electrons. The van der Waals surface area contributed by atoms with E-state index in [1.807, 2.05) is 47.4 Å². The van der Waals surface area contributed by atoms with Crippen molar-refractivity contribution in [3.8, 4) is 11.8 Å². The third-order valence-corrected chi connectivity index (χ3v) is 6.50. The fourth-order valence-electron chi connectivity index (χ4n) is 4.61. The molecule has 33 heavy (non-hydrogen) atoms. The summed E-state index contributed by atoms with van der Waals surface area (Å²) < 4.78 is 5.45. The molecule has 3 aromatic carbocycles. The molecule has 4 nitrogen and oxygen atoms in total. The summed E-state index contributed by atoms with van der Waals surface area (Å²) in [6.45, 7) is 4.75. The van der Waals surface area contributed by atoms with E-state index in [0.29, 0.717) is 18.0 Å². The number of fused-ring (bicyclic) bond motifs is 1. The lowest BCUT2D eigenvalue weighted by atomic mass is 9.81. The van der Waals surface area contributed by atoms with Crippen LogP contribution in [0.1, 0.15) is 66.3 Å². The van der Waals surface area contributed by atoms with E-state index in [1.54, 1.807) is 13.2 Å². The number of aryl methyl sites for hydroxylation is 1. The number of hydrogen-bond donors (Lipinski definition) is 0. The third-order valence-electron chi connectivity index (χ3n) is 6.50. The number of rotatable bonds is 6. The first-order valence-corrected chi connectivity index (χ1v) is 11.6. The summed E-state index contributed by atoms with van der Waals surface area (Å²) in [5.41, 5.74) is 5.95. The van der Waals surface area contributed by atoms with Gasteiger partial charge in [-0.3, -0.25) is 4.79 Å². The zero-order valence-corrected chi connectivity index (χ0v) is 19.5. The van der Waals surface area contributed by atoms with Crippen molar-refractivity contribution in [2.75, 3.05) is 12.0 Å². The maximum atomic E-state index is 14.1. The molecule has 0 fully saturated rings. The Balaban J connectivity index is 1.73. The molecule has 4 heteroatoms. The van der Waals surface area contributed by atoms with E-state index >= 15 is 0 Å². The number of methoxy groups -OCH3 is 1. The van der Waals surface area contributed by atoms with Crippen molar-refractivity contribution in [1.82, 2.24) is 0 Å². The van der Waals surface area contributed by atoms with Crippen LogP contribution >= 0.6 is 0 Å². The summed E-state index contributed by atoms with van der Waals surface area (Å²) in [5.74, 6) is 1.08. The molecular formula is C29H30N2O2. The van der Waals surface area contributed by atoms with E-state index in [0.717, 1.165) is 41.8 Å². The Morgan fingerprint density at radius 1 is 1.12 bits per heavy atom. The molecule has 0 aliphatic heterocycles. The monoisotopic (exact) mass is 438 g/mol. The molecule has 0 bridgehead atoms. The first kappa shape index (κ1) is 22.6. The highest BCUT2D eigenvalue weighted by molar-refractivity contribution is 5.98. The highest BCUT2D eigenvalue weighted by Gasteiger charge is 2.31. The largest absolute Gasteiger partial charge is 0.497 e. The molecule has 0 saturated carbocycles. The van der Waals surface area contributed by atoms with Crippen LogP contribution in [-0.4, -0.2) is 13.0 Å². The van der Waals surface area contributed by atoms with Crippen molar-refractivity contribution in [2.45, 2.75) is 51.5 Å². The van der Waals surface area contributed by atoms with E-state index in [1.165, 1.54) is 11.1 Å². The van der Waals surface area contributed by atoms with E-state index in [9.17, 15) is 10.1 Å². The molecule has 1 aliphatic rings. The Bertz CT molecular complexity index is 1170. The smallest absolute Gasteiger partial charge is 0.234 e. The third kappa shape index (κ3) is 4.93. The molecule has 0 spiro atoms. The maximum Gasteiger partial charge on any atom is 0.234 e. The molecule has 0 heterocycles. The first-order valence-electron chi connectivity index (χ1n) is 11.6. The SMILES string of the molecule is COc1ccc2c(c1)C(C(=O)N(Cc1cccc(C#N)c1)c1ccc(C(C)C)cc1)CCC2. The van der Waals surface area contributed by atoms with Crippen molar-refractivity contribution in [3.05, 3.63) is 94.5 Å². The van der Waals surface area contributed by atoms with Crippen LogP contribution in [0.3, 0.4) is 0 Å². The van der Waals surface area contributed by atoms with Gasteiger partial charge in [0.1, 0.15) is 5.75 Å². The van der Waals surface area contributed by atoms with Gasteiger partial charge in [0.25, 0.3) is 0 Å². The number of anilines is 1. The normalized spacial score (nSPS) is 14.9. The summed E-state index contributed by atoms with van der Waals surface area (Å²) in [5, 5.41) is 9.32. The molecule has 0 saturated heterocycles. The molecule has 1 unspecified atom stereocenters. The summed E-state index contributed by atoms with van der Waals surface area (Å²) in [4.78, 5) is 15.9. The quantitative estimate of drug-likeness (QED) is 0.451. The van der Waals surface area contributed by atoms with Gasteiger partial charge in [-0.05, 0) is 83.8 Å². The van der Waals surface area contributed by atoms with Crippen LogP contribution in [0.2, 0.25) is 0 Å². The van der Waals surface area contributed by atoms with E-state index < -0.39 is 0 Å². The Hall–Kier alpha value is -3.58. The number of nitrogens with zero attached hydrogens (tertiary/aromatic N) is 2. The predicted molar refractivity (Wildman–Crippen MR) is 132 cm³/mol. The van der Waals surface area contributed by atoms with Gasteiger partial charge in [-0.15, -0.1) is 0 Å². The number of nitriles is 1. The fraction of sp³-hybridized carbons (Fsp3) is 0.310. The number of carbonyl (C=O) groups is 1. The summed E-state index contributed by atoms with van der Waals surface area (Å²) in [6.07, 6.45) is 2.79. The van der Waals surface area contributed by atoms with Crippen molar-refractivity contribution < 1.29 is 9.53 Å². The molecule has 1 amide bonds. The van der Waals surface area contributed by atoms with E-state index in [2.05, 4.69) is 38.1 Å². The minimum Gasteiger partial charge on any atom is -0.497 e. The van der Waals surface area contributed by atoms with Gasteiger partial charge in [-0.2, -0.15) is 5.26 Å². The zero-order valence-electron chi connectivity index (χ0n) is 19.5. The van der Waals surface area contributed by atoms with Gasteiger partial charge in [-0.25, -0.2) is 0 Å². The fourth-order valence-corrected chi connectivity index (χ4v) is 4.61. The van der Waals surface area contributed by atoms with Crippen LogP contribution in [0.15, 0.2) is 66.7 Å². The van der Waals surface area contributed by atoms with Gasteiger partial charge < -0.3 is 9.64 Å². The topological polar surface area (TPSA) is 53.3 Å². The Labute approximate surface area is 196 Å². The molecular weight excluding hydrogens is 408 g/mol. The van der Waals surface area contributed by atoms with Gasteiger partial charge >= 0.3 is 0 Å². The second kappa shape index (κ2) is 9.92. The van der Waals surface area contributed by atoms with E-state index in [-0.39, 0.29) is 11.8 Å². The minimum absolute atomic E-state index is 0.0869. The van der Waals surface area contributed by atoms with Gasteiger partial charge in [0.15, 0.2) is 0 Å². The van der Waals surface area contributed by atoms with Crippen LogP contribution in [0.5, 0.6) is 5.75 Å². The van der Waals surface area contributed by atoms with E-state index in [4.69, 9.17) is 4.74 Å². The number of ether oxygens (including phenoxy) is 1. The summed E-state index contributed by atoms with van der Waals surface area (Å²) in [7, 11) is 1.66. The number of hydrogen-bond acceptors (Lipinski definition) is 3. The highest BCUT2D eigenvalue weighted by Crippen LogP contribution is 2.37. The zero-order chi connectivity index (χ0) is 23.4. The van der Waals surface area contributed by atoms with Crippen molar-refractivity contribution in [1.29, 1.82) is 5.26 Å². The highest BCUT2D eigenvalue weighted by atomic mass is 16.5. The Kier molecular flexibility index (Phi) is 6.79. The van der Waals surface area contributed by atoms with Crippen molar-refractivity contribution in [2.24, 2.45) is 0 Å². The van der Waals surface area contributed by atoms with Crippen molar-refractivity contribution >= 4 is 11.6 Å². The van der Waals surface area contributed by atoms with Gasteiger partial charge in [-0.1, -0.05) is 44.2 Å². The molecule has 0 N–H and O–H groups in total. The van der Waals surface area contributed by atoms with Crippen LogP contribution in [0.4, 0.5) is 5.69 Å². The predicted octanol–water partition coefficient (Wildman–Crippen LogP) is 6.34. The van der Waals surface area contributed by atoms with Crippen LogP contribution in [-0.2, 0) is 17.8 Å². The molecule has 0 aromatic heterocycles. The standard InChI is InChI=1S/C29H30N2O2/c1-20(2)23-10-13-25(14-11-23)31(19-22-7-4-6-21(16-22)18-30)29(32)27-9-5-8-24-12-15-26(33-3)17-28(24)27/h4,6-7,10-17,20,27H,5,8-9,19H2,1-3H3. The van der Waals surface area contributed by atoms with Crippen LogP contribution in [0.25, 0.3) is 0 Å². The molecule has 1 atom stereocenters. The average Bonchev–Trinajstić information content (AvgIpc) is 2.86. The first-order chi connectivity index (χ1) is 16.0. The second-order valence-corrected chi connectivity index (χ2v) is 8.99. The molecule has 1 aliphatic carbocycles. The van der Waals surface area contributed by atoms with Crippen LogP contribution < -0.4 is 9.64 Å². The molecule has 0 radical (unpaired) electrons. The number of amides is 1. The lowest BCUT2D eigenvalue weighted by molar-refractivity contribution is -0.120.